The highest BCUT2D eigenvalue weighted by molar-refractivity contribution is 7.53. The summed E-state index contributed by atoms with van der Waals surface area (Å²) in [5.74, 6) is 1.18. The van der Waals surface area contributed by atoms with E-state index in [1.165, 1.54) is 21.3 Å². The summed E-state index contributed by atoms with van der Waals surface area (Å²) in [6.07, 6.45) is -0.381. The minimum atomic E-state index is -3.98. The molecule has 0 saturated heterocycles. The van der Waals surface area contributed by atoms with Crippen LogP contribution in [0.1, 0.15) is 0 Å². The molecule has 2 aromatic carbocycles. The monoisotopic (exact) mass is 427 g/mol. The molecule has 0 atom stereocenters. The Balaban J connectivity index is 2.00. The number of benzene rings is 2. The Kier molecular flexibility index (Phi) is 8.75. The van der Waals surface area contributed by atoms with Crippen LogP contribution in [0.5, 0.6) is 23.0 Å². The van der Waals surface area contributed by atoms with Gasteiger partial charge in [-0.2, -0.15) is 0 Å². The molecule has 0 radical (unpaired) electrons. The number of nitrogens with one attached hydrogen (secondary N) is 1. The summed E-state index contributed by atoms with van der Waals surface area (Å²) < 4.78 is 37.5. The lowest BCUT2D eigenvalue weighted by Crippen LogP contribution is -2.26. The summed E-state index contributed by atoms with van der Waals surface area (Å²) in [5.41, 5.74) is 0. The van der Waals surface area contributed by atoms with Gasteiger partial charge in [-0.1, -0.05) is 9.35 Å². The van der Waals surface area contributed by atoms with Crippen LogP contribution in [0.25, 0.3) is 0 Å². The van der Waals surface area contributed by atoms with Gasteiger partial charge in [0, 0.05) is 0 Å². The summed E-state index contributed by atoms with van der Waals surface area (Å²) in [4.78, 5) is 21.4. The van der Waals surface area contributed by atoms with E-state index in [9.17, 15) is 9.36 Å². The normalized spacial score (nSPS) is 10.9. The first-order valence-electron chi connectivity index (χ1n) is 8.35. The maximum absolute atomic E-state index is 12.9. The molecule has 0 aliphatic carbocycles. The highest BCUT2D eigenvalue weighted by atomic mass is 31.2. The predicted molar refractivity (Wildman–Crippen MR) is 102 cm³/mol. The SMILES string of the molecule is COC(=O)CNCP(=O)(OOc1ccc(OC)cc1)OOc1ccc(OC)cc1. The van der Waals surface area contributed by atoms with E-state index in [-0.39, 0.29) is 24.3 Å². The Bertz CT molecular complexity index is 756. The van der Waals surface area contributed by atoms with Crippen LogP contribution >= 0.6 is 7.60 Å². The van der Waals surface area contributed by atoms with E-state index in [4.69, 9.17) is 28.6 Å². The molecule has 0 bridgehead atoms. The van der Waals surface area contributed by atoms with Crippen molar-refractivity contribution in [3.63, 3.8) is 0 Å². The summed E-state index contributed by atoms with van der Waals surface area (Å²) in [6, 6.07) is 12.7. The number of esters is 1. The molecule has 2 aromatic rings. The lowest BCUT2D eigenvalue weighted by Gasteiger charge is -2.17. The summed E-state index contributed by atoms with van der Waals surface area (Å²) in [7, 11) is 0.303. The van der Waals surface area contributed by atoms with Crippen LogP contribution < -0.4 is 24.6 Å². The van der Waals surface area contributed by atoms with Gasteiger partial charge >= 0.3 is 13.6 Å². The number of ether oxygens (including phenoxy) is 3. The van der Waals surface area contributed by atoms with Crippen molar-refractivity contribution >= 4 is 13.6 Å². The fraction of sp³-hybridized carbons (Fsp3) is 0.278. The maximum Gasteiger partial charge on any atom is 0.418 e. The average Bonchev–Trinajstić information content (AvgIpc) is 2.77. The molecule has 29 heavy (non-hydrogen) atoms. The Morgan fingerprint density at radius 2 is 1.21 bits per heavy atom. The molecule has 0 saturated carbocycles. The third-order valence-corrected chi connectivity index (χ3v) is 4.63. The molecule has 0 heterocycles. The third kappa shape index (κ3) is 7.63. The van der Waals surface area contributed by atoms with Crippen molar-refractivity contribution in [2.24, 2.45) is 0 Å². The van der Waals surface area contributed by atoms with Crippen LogP contribution in [0, 0.1) is 0 Å². The van der Waals surface area contributed by atoms with Crippen molar-refractivity contribution in [1.29, 1.82) is 0 Å². The van der Waals surface area contributed by atoms with Gasteiger partial charge in [-0.25, -0.2) is 0 Å². The third-order valence-electron chi connectivity index (χ3n) is 3.42. The highest BCUT2D eigenvalue weighted by Gasteiger charge is 2.30. The molecular formula is C18H22NO9P. The van der Waals surface area contributed by atoms with Crippen LogP contribution in [-0.2, 0) is 23.4 Å². The van der Waals surface area contributed by atoms with Crippen LogP contribution in [0.3, 0.4) is 0 Å². The van der Waals surface area contributed by atoms with Gasteiger partial charge in [0.1, 0.15) is 17.8 Å². The van der Waals surface area contributed by atoms with Gasteiger partial charge < -0.3 is 24.0 Å². The summed E-state index contributed by atoms with van der Waals surface area (Å²) in [5, 5.41) is 2.60. The first-order chi connectivity index (χ1) is 14.0. The summed E-state index contributed by atoms with van der Waals surface area (Å²) >= 11 is 0. The van der Waals surface area contributed by atoms with E-state index in [0.717, 1.165) is 0 Å². The lowest BCUT2D eigenvalue weighted by atomic mass is 10.3. The first kappa shape index (κ1) is 22.5. The molecule has 158 valence electrons. The van der Waals surface area contributed by atoms with Crippen LogP contribution in [-0.4, -0.2) is 40.1 Å². The second-order valence-electron chi connectivity index (χ2n) is 5.44. The zero-order valence-corrected chi connectivity index (χ0v) is 17.0. The van der Waals surface area contributed by atoms with E-state index in [0.29, 0.717) is 11.5 Å². The highest BCUT2D eigenvalue weighted by Crippen LogP contribution is 2.47. The number of hydrogen-bond donors (Lipinski definition) is 1. The Hall–Kier alpha value is -2.78. The van der Waals surface area contributed by atoms with Crippen LogP contribution in [0.2, 0.25) is 0 Å². The van der Waals surface area contributed by atoms with Crippen molar-refractivity contribution in [1.82, 2.24) is 5.32 Å². The number of hydrogen-bond acceptors (Lipinski definition) is 10. The molecule has 10 nitrogen and oxygen atoms in total. The van der Waals surface area contributed by atoms with Gasteiger partial charge in [-0.15, -0.1) is 0 Å². The minimum Gasteiger partial charge on any atom is -0.497 e. The van der Waals surface area contributed by atoms with Gasteiger partial charge in [-0.3, -0.25) is 14.7 Å². The number of carbonyl (C=O) groups is 1. The average molecular weight is 427 g/mol. The molecule has 1 N–H and O–H groups in total. The molecule has 0 unspecified atom stereocenters. The van der Waals surface area contributed by atoms with Crippen LogP contribution in [0.15, 0.2) is 48.5 Å². The van der Waals surface area contributed by atoms with Gasteiger partial charge in [0.2, 0.25) is 0 Å². The predicted octanol–water partition coefficient (Wildman–Crippen LogP) is 2.94. The molecule has 0 fully saturated rings. The zero-order valence-electron chi connectivity index (χ0n) is 16.2. The number of carbonyl (C=O) groups excluding carboxylic acids is 1. The van der Waals surface area contributed by atoms with E-state index in [2.05, 4.69) is 10.1 Å². The molecule has 0 amide bonds. The Labute approximate surface area is 168 Å². The molecular weight excluding hydrogens is 405 g/mol. The number of methoxy groups -OCH3 is 3. The van der Waals surface area contributed by atoms with Gasteiger partial charge in [-0.05, 0) is 48.5 Å². The molecule has 2 rings (SSSR count). The largest absolute Gasteiger partial charge is 0.497 e. The zero-order chi connectivity index (χ0) is 21.1. The fourth-order valence-corrected chi connectivity index (χ4v) is 2.81. The summed E-state index contributed by atoms with van der Waals surface area (Å²) in [6.45, 7) is -0.210. The second kappa shape index (κ2) is 11.3. The van der Waals surface area contributed by atoms with Crippen molar-refractivity contribution in [3.05, 3.63) is 48.5 Å². The van der Waals surface area contributed by atoms with Crippen molar-refractivity contribution in [3.8, 4) is 23.0 Å². The fourth-order valence-electron chi connectivity index (χ4n) is 1.89. The molecule has 11 heteroatoms. The quantitative estimate of drug-likeness (QED) is 0.235. The molecule has 0 aliphatic rings. The Morgan fingerprint density at radius 3 is 1.59 bits per heavy atom. The van der Waals surface area contributed by atoms with Crippen molar-refractivity contribution in [2.45, 2.75) is 0 Å². The van der Waals surface area contributed by atoms with E-state index in [1.807, 2.05) is 0 Å². The second-order valence-corrected chi connectivity index (χ2v) is 7.27. The minimum absolute atomic E-state index is 0.210. The molecule has 0 spiro atoms. The van der Waals surface area contributed by atoms with E-state index >= 15 is 0 Å². The van der Waals surface area contributed by atoms with Gasteiger partial charge in [0.15, 0.2) is 11.5 Å². The number of rotatable bonds is 12. The topological polar surface area (TPSA) is 111 Å². The lowest BCUT2D eigenvalue weighted by molar-refractivity contribution is -0.171. The van der Waals surface area contributed by atoms with Crippen molar-refractivity contribution in [2.75, 3.05) is 34.2 Å². The smallest absolute Gasteiger partial charge is 0.418 e. The van der Waals surface area contributed by atoms with E-state index < -0.39 is 13.6 Å². The first-order valence-corrected chi connectivity index (χ1v) is 10.1. The van der Waals surface area contributed by atoms with Crippen molar-refractivity contribution < 1.29 is 42.7 Å². The maximum atomic E-state index is 12.9. The standard InChI is InChI=1S/C18H22NO9P/c1-22-14-4-8-16(9-5-14)25-27-29(21,13-19-12-18(20)24-3)28-26-17-10-6-15(23-2)7-11-17/h4-11,19H,12-13H2,1-3H3. The van der Waals surface area contributed by atoms with Crippen LogP contribution in [0.4, 0.5) is 0 Å². The van der Waals surface area contributed by atoms with E-state index in [1.54, 1.807) is 48.5 Å². The Morgan fingerprint density at radius 1 is 0.793 bits per heavy atom. The molecule has 0 aromatic heterocycles. The van der Waals surface area contributed by atoms with Gasteiger partial charge in [0.05, 0.1) is 27.9 Å². The van der Waals surface area contributed by atoms with Gasteiger partial charge in [0.25, 0.3) is 0 Å². The molecule has 0 aliphatic heterocycles.